The molecule has 0 aliphatic heterocycles. The molecule has 0 atom stereocenters. The van der Waals surface area contributed by atoms with Gasteiger partial charge >= 0.3 is 0 Å². The van der Waals surface area contributed by atoms with Crippen molar-refractivity contribution < 1.29 is 10.2 Å². The molecule has 2 aromatic carbocycles. The summed E-state index contributed by atoms with van der Waals surface area (Å²) in [6.45, 7) is 0. The summed E-state index contributed by atoms with van der Waals surface area (Å²) in [7, 11) is 0. The first-order chi connectivity index (χ1) is 10.6. The molecule has 0 aromatic heterocycles. The van der Waals surface area contributed by atoms with Gasteiger partial charge in [0, 0.05) is 0 Å². The molecule has 22 heavy (non-hydrogen) atoms. The van der Waals surface area contributed by atoms with E-state index in [4.69, 9.17) is 5.73 Å². The molecule has 0 saturated heterocycles. The molecule has 0 saturated carbocycles. The number of hydrogen-bond donors (Lipinski definition) is 4. The molecular formula is C15H15N5O2. The molecule has 112 valence electrons. The minimum atomic E-state index is 0.00723. The van der Waals surface area contributed by atoms with Crippen molar-refractivity contribution in [3.05, 3.63) is 59.7 Å². The first-order valence-electron chi connectivity index (χ1n) is 6.37. The molecular weight excluding hydrogens is 282 g/mol. The van der Waals surface area contributed by atoms with E-state index in [1.54, 1.807) is 48.5 Å². The Balaban J connectivity index is 1.90. The quantitative estimate of drug-likeness (QED) is 0.387. The second-order valence-electron chi connectivity index (χ2n) is 4.29. The van der Waals surface area contributed by atoms with E-state index in [0.717, 1.165) is 0 Å². The maximum absolute atomic E-state index is 9.30. The lowest BCUT2D eigenvalue weighted by atomic mass is 10.2. The Hall–Kier alpha value is -3.35. The highest BCUT2D eigenvalue weighted by molar-refractivity contribution is 5.84. The summed E-state index contributed by atoms with van der Waals surface area (Å²) in [5.74, 6) is 0.309. The molecule has 0 amide bonds. The van der Waals surface area contributed by atoms with Crippen LogP contribution in [0, 0.1) is 0 Å². The number of nitrogens with two attached hydrogens (primary N) is 1. The van der Waals surface area contributed by atoms with E-state index in [-0.39, 0.29) is 17.5 Å². The van der Waals surface area contributed by atoms with E-state index < -0.39 is 0 Å². The van der Waals surface area contributed by atoms with Gasteiger partial charge in [0.2, 0.25) is 5.96 Å². The molecule has 7 heteroatoms. The highest BCUT2D eigenvalue weighted by Gasteiger charge is 1.91. The number of nitrogens with zero attached hydrogens (tertiary/aromatic N) is 3. The first kappa shape index (κ1) is 15.0. The van der Waals surface area contributed by atoms with Gasteiger partial charge in [-0.1, -0.05) is 24.3 Å². The first-order valence-corrected chi connectivity index (χ1v) is 6.37. The van der Waals surface area contributed by atoms with Crippen LogP contribution < -0.4 is 11.2 Å². The van der Waals surface area contributed by atoms with Gasteiger partial charge in [-0.25, -0.2) is 5.43 Å². The topological polar surface area (TPSA) is 116 Å². The van der Waals surface area contributed by atoms with E-state index in [0.29, 0.717) is 11.1 Å². The molecule has 7 nitrogen and oxygen atoms in total. The zero-order valence-electron chi connectivity index (χ0n) is 11.6. The largest absolute Gasteiger partial charge is 0.508 e. The Kier molecular flexibility index (Phi) is 5.09. The number of aromatic hydroxyl groups is 2. The van der Waals surface area contributed by atoms with Gasteiger partial charge in [-0.2, -0.15) is 10.2 Å². The lowest BCUT2D eigenvalue weighted by Crippen LogP contribution is -2.26. The van der Waals surface area contributed by atoms with Crippen LogP contribution >= 0.6 is 0 Å². The summed E-state index contributed by atoms with van der Waals surface area (Å²) in [4.78, 5) is 0. The number of guanidine groups is 1. The van der Waals surface area contributed by atoms with Crippen molar-refractivity contribution in [2.45, 2.75) is 0 Å². The van der Waals surface area contributed by atoms with Crippen molar-refractivity contribution in [1.82, 2.24) is 5.43 Å². The Labute approximate surface area is 127 Å². The lowest BCUT2D eigenvalue weighted by molar-refractivity contribution is 0.474. The van der Waals surface area contributed by atoms with Crippen molar-refractivity contribution in [2.75, 3.05) is 0 Å². The number of phenolic OH excluding ortho intramolecular Hbond substituents is 2. The van der Waals surface area contributed by atoms with Gasteiger partial charge in [0.15, 0.2) is 0 Å². The third kappa shape index (κ3) is 4.97. The predicted octanol–water partition coefficient (Wildman–Crippen LogP) is 1.37. The molecule has 0 unspecified atom stereocenters. The fourth-order valence-corrected chi connectivity index (χ4v) is 1.56. The Morgan fingerprint density at radius 3 is 2.14 bits per heavy atom. The monoisotopic (exact) mass is 297 g/mol. The van der Waals surface area contributed by atoms with Crippen molar-refractivity contribution in [3.63, 3.8) is 0 Å². The van der Waals surface area contributed by atoms with Crippen molar-refractivity contribution >= 4 is 18.4 Å². The summed E-state index contributed by atoms with van der Waals surface area (Å²) in [6, 6.07) is 13.2. The highest BCUT2D eigenvalue weighted by Crippen LogP contribution is 2.09. The normalized spacial score (nSPS) is 12.1. The Morgan fingerprint density at radius 2 is 1.55 bits per heavy atom. The van der Waals surface area contributed by atoms with Crippen LogP contribution in [0.4, 0.5) is 0 Å². The fourth-order valence-electron chi connectivity index (χ4n) is 1.56. The lowest BCUT2D eigenvalue weighted by Gasteiger charge is -1.97. The summed E-state index contributed by atoms with van der Waals surface area (Å²) >= 11 is 0. The summed E-state index contributed by atoms with van der Waals surface area (Å²) in [6.07, 6.45) is 2.94. The molecule has 0 heterocycles. The summed E-state index contributed by atoms with van der Waals surface area (Å²) < 4.78 is 0. The van der Waals surface area contributed by atoms with Gasteiger partial charge in [0.1, 0.15) is 11.5 Å². The van der Waals surface area contributed by atoms with Gasteiger partial charge in [0.25, 0.3) is 0 Å². The minimum absolute atomic E-state index is 0.00723. The van der Waals surface area contributed by atoms with Gasteiger partial charge < -0.3 is 15.9 Å². The molecule has 0 aliphatic carbocycles. The Morgan fingerprint density at radius 1 is 0.955 bits per heavy atom. The van der Waals surface area contributed by atoms with Gasteiger partial charge in [0.05, 0.1) is 12.4 Å². The van der Waals surface area contributed by atoms with Crippen LogP contribution in [0.3, 0.4) is 0 Å². The molecule has 2 aromatic rings. The van der Waals surface area contributed by atoms with E-state index >= 15 is 0 Å². The zero-order chi connectivity index (χ0) is 15.8. The molecule has 0 spiro atoms. The Bertz CT molecular complexity index is 725. The third-order valence-corrected chi connectivity index (χ3v) is 2.51. The average Bonchev–Trinajstić information content (AvgIpc) is 2.47. The maximum atomic E-state index is 9.30. The highest BCUT2D eigenvalue weighted by atomic mass is 16.3. The van der Waals surface area contributed by atoms with E-state index in [9.17, 15) is 10.2 Å². The average molecular weight is 297 g/mol. The van der Waals surface area contributed by atoms with Crippen LogP contribution in [-0.4, -0.2) is 28.6 Å². The van der Waals surface area contributed by atoms with Crippen LogP contribution in [0.5, 0.6) is 11.5 Å². The predicted molar refractivity (Wildman–Crippen MR) is 86.2 cm³/mol. The smallest absolute Gasteiger partial charge is 0.234 e. The fraction of sp³-hybridized carbons (Fsp3) is 0. The molecule has 0 fully saturated rings. The van der Waals surface area contributed by atoms with Crippen LogP contribution in [0.25, 0.3) is 0 Å². The standard InChI is InChI=1S/C15H15N5O2/c16-15(19-17-9-11-3-1-5-13(21)7-11)20-18-10-12-4-2-6-14(22)8-12/h1-10,21-22H,(H3,16,19,20). The van der Waals surface area contributed by atoms with Crippen LogP contribution in [0.1, 0.15) is 11.1 Å². The molecule has 0 radical (unpaired) electrons. The zero-order valence-corrected chi connectivity index (χ0v) is 11.6. The number of rotatable bonds is 4. The van der Waals surface area contributed by atoms with Crippen molar-refractivity contribution in [1.29, 1.82) is 0 Å². The van der Waals surface area contributed by atoms with Crippen LogP contribution in [-0.2, 0) is 0 Å². The molecule has 2 rings (SSSR count). The van der Waals surface area contributed by atoms with Gasteiger partial charge in [-0.3, -0.25) is 0 Å². The number of hydrazone groups is 1. The van der Waals surface area contributed by atoms with Crippen molar-refractivity contribution in [3.8, 4) is 11.5 Å². The molecule has 0 aliphatic rings. The number of phenols is 2. The number of hydrogen-bond acceptors (Lipinski definition) is 5. The van der Waals surface area contributed by atoms with Crippen LogP contribution in [0.15, 0.2) is 63.8 Å². The van der Waals surface area contributed by atoms with E-state index in [1.807, 2.05) is 0 Å². The van der Waals surface area contributed by atoms with E-state index in [1.165, 1.54) is 12.4 Å². The van der Waals surface area contributed by atoms with Gasteiger partial charge in [-0.15, -0.1) is 5.10 Å². The maximum Gasteiger partial charge on any atom is 0.234 e. The van der Waals surface area contributed by atoms with Gasteiger partial charge in [-0.05, 0) is 35.4 Å². The number of nitrogens with one attached hydrogen (secondary N) is 1. The summed E-state index contributed by atoms with van der Waals surface area (Å²) in [5, 5.41) is 29.9. The number of benzene rings is 2. The SMILES string of the molecule is N/C(=N\N=Cc1cccc(O)c1)NN=Cc1cccc(O)c1. The molecule has 5 N–H and O–H groups in total. The second-order valence-corrected chi connectivity index (χ2v) is 4.29. The summed E-state index contributed by atoms with van der Waals surface area (Å²) in [5.41, 5.74) is 9.48. The third-order valence-electron chi connectivity index (χ3n) is 2.51. The minimum Gasteiger partial charge on any atom is -0.508 e. The molecule has 0 bridgehead atoms. The van der Waals surface area contributed by atoms with Crippen LogP contribution in [0.2, 0.25) is 0 Å². The van der Waals surface area contributed by atoms with E-state index in [2.05, 4.69) is 20.7 Å². The van der Waals surface area contributed by atoms with Crippen molar-refractivity contribution in [2.24, 2.45) is 21.0 Å². The second kappa shape index (κ2) is 7.44.